The Hall–Kier alpha value is -2.26. The molecule has 0 nitrogen and oxygen atoms in total. The van der Waals surface area contributed by atoms with Gasteiger partial charge in [0.2, 0.25) is 0 Å². The van der Waals surface area contributed by atoms with Crippen LogP contribution in [0, 0.1) is 23.7 Å². The molecular formula is C34H44. The summed E-state index contributed by atoms with van der Waals surface area (Å²) in [5.41, 5.74) is 5.68. The van der Waals surface area contributed by atoms with Crippen LogP contribution in [0.4, 0.5) is 0 Å². The molecule has 2 aromatic carbocycles. The van der Waals surface area contributed by atoms with Gasteiger partial charge in [-0.15, -0.1) is 0 Å². The first kappa shape index (κ1) is 24.9. The molecular weight excluding hydrogens is 408 g/mol. The van der Waals surface area contributed by atoms with Crippen molar-refractivity contribution in [3.8, 4) is 11.8 Å². The lowest BCUT2D eigenvalue weighted by molar-refractivity contribution is 0.308. The van der Waals surface area contributed by atoms with Gasteiger partial charge in [-0.25, -0.2) is 0 Å². The second kappa shape index (κ2) is 13.0. The molecule has 180 valence electrons. The maximum atomic E-state index is 3.35. The number of hydrogen-bond acceptors (Lipinski definition) is 0. The monoisotopic (exact) mass is 452 g/mol. The molecule has 2 fully saturated rings. The van der Waals surface area contributed by atoms with Crippen LogP contribution in [0.5, 0.6) is 0 Å². The van der Waals surface area contributed by atoms with E-state index in [-0.39, 0.29) is 0 Å². The molecule has 34 heavy (non-hydrogen) atoms. The summed E-state index contributed by atoms with van der Waals surface area (Å²) in [5, 5.41) is 0. The zero-order valence-corrected chi connectivity index (χ0v) is 21.6. The van der Waals surface area contributed by atoms with Crippen LogP contribution in [0.25, 0.3) is 0 Å². The highest BCUT2D eigenvalue weighted by molar-refractivity contribution is 5.39. The van der Waals surface area contributed by atoms with Crippen molar-refractivity contribution in [3.63, 3.8) is 0 Å². The highest BCUT2D eigenvalue weighted by Gasteiger charge is 2.22. The smallest absolute Gasteiger partial charge is 0.0249 e. The van der Waals surface area contributed by atoms with Crippen molar-refractivity contribution in [2.45, 2.75) is 103 Å². The van der Waals surface area contributed by atoms with Crippen molar-refractivity contribution < 1.29 is 0 Å². The van der Waals surface area contributed by atoms with E-state index in [2.05, 4.69) is 86.4 Å². The molecule has 0 saturated heterocycles. The van der Waals surface area contributed by atoms with Gasteiger partial charge in [-0.05, 0) is 116 Å². The molecule has 0 aliphatic heterocycles. The van der Waals surface area contributed by atoms with E-state index in [4.69, 9.17) is 0 Å². The van der Waals surface area contributed by atoms with Crippen LogP contribution in [0.1, 0.15) is 119 Å². The molecule has 0 unspecified atom stereocenters. The van der Waals surface area contributed by atoms with E-state index in [1.54, 1.807) is 5.56 Å². The third kappa shape index (κ3) is 7.12. The molecule has 2 saturated carbocycles. The van der Waals surface area contributed by atoms with Gasteiger partial charge in [-0.3, -0.25) is 0 Å². The SMILES string of the molecule is CCCc1ccc([C@H]2CC[C@H](C=CC#Cc3ccc([C@H]4CC[C@H](CCC)CC4)cc3)CC2)cc1. The molecule has 0 aromatic heterocycles. The first-order chi connectivity index (χ1) is 16.7. The fourth-order valence-electron chi connectivity index (χ4n) is 6.23. The number of allylic oxidation sites excluding steroid dienone is 2. The molecule has 0 amide bonds. The van der Waals surface area contributed by atoms with E-state index in [9.17, 15) is 0 Å². The van der Waals surface area contributed by atoms with Crippen LogP contribution in [-0.2, 0) is 6.42 Å². The molecule has 2 aromatic rings. The molecule has 0 bridgehead atoms. The van der Waals surface area contributed by atoms with Gasteiger partial charge in [0, 0.05) is 5.56 Å². The molecule has 0 radical (unpaired) electrons. The molecule has 0 spiro atoms. The lowest BCUT2D eigenvalue weighted by Crippen LogP contribution is -2.13. The highest BCUT2D eigenvalue weighted by Crippen LogP contribution is 2.38. The summed E-state index contributed by atoms with van der Waals surface area (Å²) in [6, 6.07) is 18.5. The summed E-state index contributed by atoms with van der Waals surface area (Å²) in [5.74, 6) is 9.82. The van der Waals surface area contributed by atoms with Crippen molar-refractivity contribution in [2.75, 3.05) is 0 Å². The minimum atomic E-state index is 0.690. The number of hydrogen-bond donors (Lipinski definition) is 0. The van der Waals surface area contributed by atoms with Gasteiger partial charge in [0.15, 0.2) is 0 Å². The predicted octanol–water partition coefficient (Wildman–Crippen LogP) is 9.59. The minimum absolute atomic E-state index is 0.690. The fourth-order valence-corrected chi connectivity index (χ4v) is 6.23. The Labute approximate surface area is 209 Å². The minimum Gasteiger partial charge on any atom is -0.0730 e. The van der Waals surface area contributed by atoms with Gasteiger partial charge in [-0.1, -0.05) is 87.4 Å². The average molecular weight is 453 g/mol. The molecule has 4 rings (SSSR count). The molecule has 0 atom stereocenters. The topological polar surface area (TPSA) is 0 Å². The Morgan fingerprint density at radius 1 is 0.706 bits per heavy atom. The molecule has 0 heterocycles. The maximum absolute atomic E-state index is 3.35. The third-order valence-corrected chi connectivity index (χ3v) is 8.36. The normalized spacial score (nSPS) is 25.1. The van der Waals surface area contributed by atoms with Crippen molar-refractivity contribution in [3.05, 3.63) is 82.9 Å². The third-order valence-electron chi connectivity index (χ3n) is 8.36. The Morgan fingerprint density at radius 2 is 1.29 bits per heavy atom. The standard InChI is InChI=1S/C34H44/c1-3-7-27-11-19-31(20-12-27)33-23-15-29(16-24-33)9-5-6-10-30-17-25-34(26-18-30)32-21-13-28(8-4-2)14-22-32/h5,9,11-12,17-20,25-26,28-29,32-33H,3-4,7-8,13-16,21-24H2,1-2H3/t28-,29-,32-,33-. The van der Waals surface area contributed by atoms with Gasteiger partial charge in [-0.2, -0.15) is 0 Å². The number of aryl methyl sites for hydroxylation is 1. The first-order valence-corrected chi connectivity index (χ1v) is 14.1. The van der Waals surface area contributed by atoms with Crippen LogP contribution in [0.2, 0.25) is 0 Å². The van der Waals surface area contributed by atoms with Crippen LogP contribution in [0.3, 0.4) is 0 Å². The van der Waals surface area contributed by atoms with E-state index in [1.165, 1.54) is 88.2 Å². The van der Waals surface area contributed by atoms with Crippen LogP contribution in [0.15, 0.2) is 60.7 Å². The van der Waals surface area contributed by atoms with E-state index >= 15 is 0 Å². The maximum Gasteiger partial charge on any atom is 0.0249 e. The molecule has 2 aliphatic rings. The van der Waals surface area contributed by atoms with Crippen LogP contribution >= 0.6 is 0 Å². The van der Waals surface area contributed by atoms with Gasteiger partial charge < -0.3 is 0 Å². The summed E-state index contributed by atoms with van der Waals surface area (Å²) in [7, 11) is 0. The van der Waals surface area contributed by atoms with Crippen molar-refractivity contribution in [1.82, 2.24) is 0 Å². The summed E-state index contributed by atoms with van der Waals surface area (Å²) in [6.07, 6.45) is 20.4. The lowest BCUT2D eigenvalue weighted by Gasteiger charge is -2.28. The van der Waals surface area contributed by atoms with Gasteiger partial charge in [0.1, 0.15) is 0 Å². The Morgan fingerprint density at radius 3 is 1.88 bits per heavy atom. The Bertz CT molecular complexity index is 934. The highest BCUT2D eigenvalue weighted by atomic mass is 14.3. The quantitative estimate of drug-likeness (QED) is 0.367. The summed E-state index contributed by atoms with van der Waals surface area (Å²) in [6.45, 7) is 4.57. The summed E-state index contributed by atoms with van der Waals surface area (Å²) >= 11 is 0. The number of rotatable bonds is 7. The first-order valence-electron chi connectivity index (χ1n) is 14.1. The fraction of sp³-hybridized carbons (Fsp3) is 0.529. The molecule has 2 aliphatic carbocycles. The zero-order valence-electron chi connectivity index (χ0n) is 21.6. The zero-order chi connectivity index (χ0) is 23.6. The van der Waals surface area contributed by atoms with Crippen molar-refractivity contribution in [2.24, 2.45) is 11.8 Å². The van der Waals surface area contributed by atoms with Gasteiger partial charge >= 0.3 is 0 Å². The Kier molecular flexibility index (Phi) is 9.50. The second-order valence-electron chi connectivity index (χ2n) is 10.9. The van der Waals surface area contributed by atoms with Gasteiger partial charge in [0.05, 0.1) is 0 Å². The molecule has 0 N–H and O–H groups in total. The van der Waals surface area contributed by atoms with E-state index < -0.39 is 0 Å². The summed E-state index contributed by atoms with van der Waals surface area (Å²) in [4.78, 5) is 0. The molecule has 0 heteroatoms. The Balaban J connectivity index is 1.21. The predicted molar refractivity (Wildman–Crippen MR) is 147 cm³/mol. The van der Waals surface area contributed by atoms with Crippen molar-refractivity contribution >= 4 is 0 Å². The van der Waals surface area contributed by atoms with Gasteiger partial charge in [0.25, 0.3) is 0 Å². The van der Waals surface area contributed by atoms with E-state index in [0.717, 1.165) is 23.3 Å². The average Bonchev–Trinajstić information content (AvgIpc) is 2.89. The van der Waals surface area contributed by atoms with Crippen molar-refractivity contribution in [1.29, 1.82) is 0 Å². The van der Waals surface area contributed by atoms with Crippen LogP contribution in [-0.4, -0.2) is 0 Å². The second-order valence-corrected chi connectivity index (χ2v) is 10.9. The lowest BCUT2D eigenvalue weighted by atomic mass is 9.77. The summed E-state index contributed by atoms with van der Waals surface area (Å²) < 4.78 is 0. The number of benzene rings is 2. The van der Waals surface area contributed by atoms with E-state index in [0.29, 0.717) is 5.92 Å². The largest absolute Gasteiger partial charge is 0.0730 e. The van der Waals surface area contributed by atoms with Crippen LogP contribution < -0.4 is 0 Å². The van der Waals surface area contributed by atoms with E-state index in [1.807, 2.05) is 0 Å².